The summed E-state index contributed by atoms with van der Waals surface area (Å²) in [6.45, 7) is 2.15. The maximum absolute atomic E-state index is 13.2. The van der Waals surface area contributed by atoms with E-state index in [9.17, 15) is 18.0 Å². The Balaban J connectivity index is 1.92. The first kappa shape index (κ1) is 16.8. The lowest BCUT2D eigenvalue weighted by atomic mass is 10.2. The quantitative estimate of drug-likeness (QED) is 0.854. The molecule has 0 saturated carbocycles. The van der Waals surface area contributed by atoms with Gasteiger partial charge in [-0.1, -0.05) is 0 Å². The zero-order valence-corrected chi connectivity index (χ0v) is 12.6. The summed E-state index contributed by atoms with van der Waals surface area (Å²) in [5.74, 6) is -4.09. The normalized spacial score (nSPS) is 12.0. The van der Waals surface area contributed by atoms with Gasteiger partial charge in [0.2, 0.25) is 0 Å². The molecule has 2 aromatic rings. The van der Waals surface area contributed by atoms with Crippen molar-refractivity contribution in [1.82, 2.24) is 25.0 Å². The SMILES string of the molecule is C[C@H](Cn1cncn1)NC(=O)N(C)Cc1cc(F)c(F)c(F)c1. The van der Waals surface area contributed by atoms with Gasteiger partial charge in [0.25, 0.3) is 0 Å². The highest BCUT2D eigenvalue weighted by atomic mass is 19.2. The molecule has 0 unspecified atom stereocenters. The average molecular weight is 327 g/mol. The number of nitrogens with zero attached hydrogens (tertiary/aromatic N) is 4. The number of urea groups is 1. The third-order valence-electron chi connectivity index (χ3n) is 3.11. The molecule has 2 amide bonds. The first-order valence-electron chi connectivity index (χ1n) is 6.84. The molecule has 2 rings (SSSR count). The highest BCUT2D eigenvalue weighted by molar-refractivity contribution is 5.74. The van der Waals surface area contributed by atoms with E-state index in [1.807, 2.05) is 0 Å². The lowest BCUT2D eigenvalue weighted by molar-refractivity contribution is 0.201. The number of carbonyl (C=O) groups excluding carboxylic acids is 1. The molecule has 1 aromatic carbocycles. The van der Waals surface area contributed by atoms with E-state index in [1.54, 1.807) is 11.6 Å². The van der Waals surface area contributed by atoms with E-state index in [-0.39, 0.29) is 18.2 Å². The Morgan fingerprint density at radius 2 is 2.00 bits per heavy atom. The number of nitrogens with one attached hydrogen (secondary N) is 1. The topological polar surface area (TPSA) is 63.1 Å². The molecule has 6 nitrogen and oxygen atoms in total. The minimum absolute atomic E-state index is 0.0595. The fraction of sp³-hybridized carbons (Fsp3) is 0.357. The van der Waals surface area contributed by atoms with E-state index in [4.69, 9.17) is 0 Å². The largest absolute Gasteiger partial charge is 0.334 e. The van der Waals surface area contributed by atoms with Crippen molar-refractivity contribution in [2.45, 2.75) is 26.1 Å². The zero-order chi connectivity index (χ0) is 17.0. The molecule has 0 bridgehead atoms. The van der Waals surface area contributed by atoms with Crippen molar-refractivity contribution >= 4 is 6.03 Å². The Kier molecular flexibility index (Phi) is 5.20. The Bertz CT molecular complexity index is 654. The summed E-state index contributed by atoms with van der Waals surface area (Å²) < 4.78 is 40.8. The van der Waals surface area contributed by atoms with Crippen LogP contribution in [0, 0.1) is 17.5 Å². The van der Waals surface area contributed by atoms with Crippen molar-refractivity contribution in [1.29, 1.82) is 0 Å². The Morgan fingerprint density at radius 1 is 1.35 bits per heavy atom. The second-order valence-corrected chi connectivity index (χ2v) is 5.20. The van der Waals surface area contributed by atoms with Crippen LogP contribution in [0.25, 0.3) is 0 Å². The fourth-order valence-corrected chi connectivity index (χ4v) is 2.02. The molecule has 0 spiro atoms. The van der Waals surface area contributed by atoms with Gasteiger partial charge < -0.3 is 10.2 Å². The van der Waals surface area contributed by atoms with E-state index in [1.165, 1.54) is 24.6 Å². The number of hydrogen-bond acceptors (Lipinski definition) is 3. The second kappa shape index (κ2) is 7.12. The van der Waals surface area contributed by atoms with Crippen LogP contribution in [0.4, 0.5) is 18.0 Å². The van der Waals surface area contributed by atoms with Crippen LogP contribution in [-0.2, 0) is 13.1 Å². The number of rotatable bonds is 5. The van der Waals surface area contributed by atoms with Crippen LogP contribution in [0.15, 0.2) is 24.8 Å². The Hall–Kier alpha value is -2.58. The van der Waals surface area contributed by atoms with Crippen molar-refractivity contribution < 1.29 is 18.0 Å². The maximum atomic E-state index is 13.2. The standard InChI is InChI=1S/C14H16F3N5O/c1-9(5-22-8-18-7-19-22)20-14(23)21(2)6-10-3-11(15)13(17)12(16)4-10/h3-4,7-9H,5-6H2,1-2H3,(H,20,23)/t9-/m1/s1. The van der Waals surface area contributed by atoms with Gasteiger partial charge in [0, 0.05) is 19.6 Å². The van der Waals surface area contributed by atoms with Gasteiger partial charge in [-0.05, 0) is 24.6 Å². The Morgan fingerprint density at radius 3 is 2.57 bits per heavy atom. The van der Waals surface area contributed by atoms with E-state index in [0.29, 0.717) is 6.54 Å². The van der Waals surface area contributed by atoms with E-state index < -0.39 is 23.5 Å². The van der Waals surface area contributed by atoms with Crippen LogP contribution in [0.5, 0.6) is 0 Å². The second-order valence-electron chi connectivity index (χ2n) is 5.20. The van der Waals surface area contributed by atoms with Crippen LogP contribution < -0.4 is 5.32 Å². The van der Waals surface area contributed by atoms with Crippen molar-refractivity contribution in [3.05, 3.63) is 47.8 Å². The third-order valence-corrected chi connectivity index (χ3v) is 3.11. The molecule has 1 N–H and O–H groups in total. The van der Waals surface area contributed by atoms with Gasteiger partial charge in [0.1, 0.15) is 12.7 Å². The number of halogens is 3. The summed E-state index contributed by atoms with van der Waals surface area (Å²) in [6.07, 6.45) is 2.91. The minimum Gasteiger partial charge on any atom is -0.334 e. The predicted molar refractivity (Wildman–Crippen MR) is 75.8 cm³/mol. The minimum atomic E-state index is -1.53. The lowest BCUT2D eigenvalue weighted by Gasteiger charge is -2.21. The number of carbonyl (C=O) groups is 1. The van der Waals surface area contributed by atoms with Crippen molar-refractivity contribution in [3.8, 4) is 0 Å². The van der Waals surface area contributed by atoms with Crippen LogP contribution >= 0.6 is 0 Å². The van der Waals surface area contributed by atoms with Crippen molar-refractivity contribution in [2.24, 2.45) is 0 Å². The van der Waals surface area contributed by atoms with Gasteiger partial charge in [0.15, 0.2) is 17.5 Å². The highest BCUT2D eigenvalue weighted by Crippen LogP contribution is 2.14. The van der Waals surface area contributed by atoms with Crippen LogP contribution in [0.3, 0.4) is 0 Å². The van der Waals surface area contributed by atoms with Gasteiger partial charge in [-0.2, -0.15) is 5.10 Å². The smallest absolute Gasteiger partial charge is 0.317 e. The molecule has 0 aliphatic heterocycles. The van der Waals surface area contributed by atoms with E-state index in [0.717, 1.165) is 12.1 Å². The molecule has 0 saturated heterocycles. The molecule has 23 heavy (non-hydrogen) atoms. The molecule has 1 heterocycles. The monoisotopic (exact) mass is 327 g/mol. The summed E-state index contributed by atoms with van der Waals surface area (Å²) in [6, 6.07) is 1.07. The first-order valence-corrected chi connectivity index (χ1v) is 6.84. The molecule has 0 fully saturated rings. The first-order chi connectivity index (χ1) is 10.9. The molecule has 1 atom stereocenters. The summed E-state index contributed by atoms with van der Waals surface area (Å²) in [7, 11) is 1.47. The van der Waals surface area contributed by atoms with Crippen LogP contribution in [0.2, 0.25) is 0 Å². The van der Waals surface area contributed by atoms with Crippen LogP contribution in [0.1, 0.15) is 12.5 Å². The highest BCUT2D eigenvalue weighted by Gasteiger charge is 2.16. The summed E-state index contributed by atoms with van der Waals surface area (Å²) in [5, 5.41) is 6.64. The van der Waals surface area contributed by atoms with Gasteiger partial charge >= 0.3 is 6.03 Å². The fourth-order valence-electron chi connectivity index (χ4n) is 2.02. The molecule has 9 heteroatoms. The number of benzene rings is 1. The summed E-state index contributed by atoms with van der Waals surface area (Å²) in [4.78, 5) is 17.1. The van der Waals surface area contributed by atoms with Gasteiger partial charge in [-0.3, -0.25) is 4.68 Å². The average Bonchev–Trinajstić information content (AvgIpc) is 2.97. The van der Waals surface area contributed by atoms with Gasteiger partial charge in [-0.25, -0.2) is 22.9 Å². The summed E-state index contributed by atoms with van der Waals surface area (Å²) in [5.41, 5.74) is 0.156. The molecule has 0 aliphatic carbocycles. The Labute approximate surface area is 130 Å². The summed E-state index contributed by atoms with van der Waals surface area (Å²) >= 11 is 0. The van der Waals surface area contributed by atoms with Crippen molar-refractivity contribution in [2.75, 3.05) is 7.05 Å². The van der Waals surface area contributed by atoms with Gasteiger partial charge in [0.05, 0.1) is 6.54 Å². The molecular weight excluding hydrogens is 311 g/mol. The molecular formula is C14H16F3N5O. The zero-order valence-electron chi connectivity index (χ0n) is 12.6. The van der Waals surface area contributed by atoms with Crippen molar-refractivity contribution in [3.63, 3.8) is 0 Å². The molecule has 124 valence electrons. The lowest BCUT2D eigenvalue weighted by Crippen LogP contribution is -2.43. The van der Waals surface area contributed by atoms with E-state index >= 15 is 0 Å². The predicted octanol–water partition coefficient (Wildman–Crippen LogP) is 1.93. The molecule has 0 radical (unpaired) electrons. The number of amides is 2. The third kappa shape index (κ3) is 4.44. The number of hydrogen-bond donors (Lipinski definition) is 1. The number of aromatic nitrogens is 3. The molecule has 0 aliphatic rings. The maximum Gasteiger partial charge on any atom is 0.317 e. The van der Waals surface area contributed by atoms with Crippen LogP contribution in [-0.4, -0.2) is 38.8 Å². The van der Waals surface area contributed by atoms with E-state index in [2.05, 4.69) is 15.4 Å². The molecule has 1 aromatic heterocycles. The van der Waals surface area contributed by atoms with Gasteiger partial charge in [-0.15, -0.1) is 0 Å².